The summed E-state index contributed by atoms with van der Waals surface area (Å²) in [7, 11) is -2.01. The highest BCUT2D eigenvalue weighted by Gasteiger charge is 2.44. The van der Waals surface area contributed by atoms with Gasteiger partial charge in [0.2, 0.25) is 15.9 Å². The number of aromatic nitrogens is 3. The van der Waals surface area contributed by atoms with E-state index in [2.05, 4.69) is 10.1 Å². The van der Waals surface area contributed by atoms with E-state index in [0.717, 1.165) is 19.3 Å². The lowest BCUT2D eigenvalue weighted by atomic mass is 9.77. The number of rotatable bonds is 7. The molecular weight excluding hydrogens is 408 g/mol. The van der Waals surface area contributed by atoms with Crippen LogP contribution in [0.4, 0.5) is 0 Å². The average molecular weight is 437 g/mol. The third-order valence-corrected chi connectivity index (χ3v) is 7.91. The predicted molar refractivity (Wildman–Crippen MR) is 107 cm³/mol. The van der Waals surface area contributed by atoms with Crippen molar-refractivity contribution < 1.29 is 22.4 Å². The van der Waals surface area contributed by atoms with Gasteiger partial charge in [-0.25, -0.2) is 8.42 Å². The molecule has 0 amide bonds. The van der Waals surface area contributed by atoms with Crippen molar-refractivity contribution in [2.24, 2.45) is 0 Å². The summed E-state index contributed by atoms with van der Waals surface area (Å²) >= 11 is 0. The molecule has 1 unspecified atom stereocenters. The first-order valence-electron chi connectivity index (χ1n) is 10.4. The molecule has 10 heteroatoms. The van der Waals surface area contributed by atoms with Gasteiger partial charge in [-0.3, -0.25) is 4.98 Å². The van der Waals surface area contributed by atoms with Crippen molar-refractivity contribution in [1.29, 1.82) is 0 Å². The fourth-order valence-corrected chi connectivity index (χ4v) is 5.83. The van der Waals surface area contributed by atoms with Crippen molar-refractivity contribution in [2.45, 2.75) is 48.3 Å². The smallest absolute Gasteiger partial charge is 0.244 e. The minimum absolute atomic E-state index is 0.193. The molecular formula is C20H28N4O5S. The Morgan fingerprint density at radius 2 is 2.17 bits per heavy atom. The van der Waals surface area contributed by atoms with E-state index in [4.69, 9.17) is 19.0 Å². The third kappa shape index (κ3) is 4.27. The maximum Gasteiger partial charge on any atom is 0.244 e. The summed E-state index contributed by atoms with van der Waals surface area (Å²) in [6.45, 7) is 2.61. The molecule has 4 heterocycles. The Kier molecular flexibility index (Phi) is 6.47. The Bertz CT molecular complexity index is 930. The van der Waals surface area contributed by atoms with Gasteiger partial charge in [0.05, 0.1) is 0 Å². The number of hydrogen-bond donors (Lipinski definition) is 0. The maximum absolute atomic E-state index is 13.2. The van der Waals surface area contributed by atoms with Gasteiger partial charge in [0.15, 0.2) is 5.82 Å². The van der Waals surface area contributed by atoms with E-state index < -0.39 is 15.4 Å². The van der Waals surface area contributed by atoms with Gasteiger partial charge in [-0.05, 0) is 44.2 Å². The number of sulfonamides is 1. The second-order valence-electron chi connectivity index (χ2n) is 8.00. The maximum atomic E-state index is 13.2. The Labute approximate surface area is 176 Å². The number of piperidine rings is 1. The largest absolute Gasteiger partial charge is 0.385 e. The lowest BCUT2D eigenvalue weighted by Gasteiger charge is -2.40. The van der Waals surface area contributed by atoms with Gasteiger partial charge in [0, 0.05) is 63.7 Å². The van der Waals surface area contributed by atoms with Crippen LogP contribution in [0.3, 0.4) is 0 Å². The second-order valence-corrected chi connectivity index (χ2v) is 9.93. The molecule has 0 radical (unpaired) electrons. The average Bonchev–Trinajstić information content (AvgIpc) is 3.30. The quantitative estimate of drug-likeness (QED) is 0.649. The highest BCUT2D eigenvalue weighted by atomic mass is 32.2. The summed E-state index contributed by atoms with van der Waals surface area (Å²) in [5, 5.41) is 4.31. The topological polar surface area (TPSA) is 108 Å². The van der Waals surface area contributed by atoms with Crippen LogP contribution in [0.1, 0.15) is 49.7 Å². The van der Waals surface area contributed by atoms with E-state index in [1.807, 2.05) is 0 Å². The Morgan fingerprint density at radius 3 is 2.90 bits per heavy atom. The first-order chi connectivity index (χ1) is 14.5. The molecule has 0 spiro atoms. The van der Waals surface area contributed by atoms with Crippen LogP contribution in [-0.4, -0.2) is 67.9 Å². The van der Waals surface area contributed by atoms with E-state index >= 15 is 0 Å². The molecule has 2 aromatic rings. The zero-order valence-electron chi connectivity index (χ0n) is 17.2. The fourth-order valence-electron chi connectivity index (χ4n) is 4.30. The zero-order chi connectivity index (χ0) is 21.0. The minimum Gasteiger partial charge on any atom is -0.385 e. The van der Waals surface area contributed by atoms with Crippen LogP contribution < -0.4 is 0 Å². The van der Waals surface area contributed by atoms with Crippen molar-refractivity contribution in [2.75, 3.05) is 40.0 Å². The highest BCUT2D eigenvalue weighted by molar-refractivity contribution is 7.89. The Hall–Kier alpha value is -1.88. The standard InChI is InChI=1S/C20H28N4O5S/c1-27-13-8-20(19-22-18(29-23-19)16-5-11-28-12-6-16)7-3-10-24(15-20)30(25,26)17-4-2-9-21-14-17/h2,4,9,14,16H,3,5-8,10-13,15H2,1H3. The van der Waals surface area contributed by atoms with E-state index in [9.17, 15) is 8.42 Å². The minimum atomic E-state index is -3.65. The number of pyridine rings is 1. The molecule has 30 heavy (non-hydrogen) atoms. The lowest BCUT2D eigenvalue weighted by Crippen LogP contribution is -2.49. The van der Waals surface area contributed by atoms with E-state index in [0.29, 0.717) is 57.5 Å². The molecule has 0 N–H and O–H groups in total. The van der Waals surface area contributed by atoms with Crippen molar-refractivity contribution in [3.63, 3.8) is 0 Å². The Morgan fingerprint density at radius 1 is 1.33 bits per heavy atom. The van der Waals surface area contributed by atoms with Crippen molar-refractivity contribution in [3.05, 3.63) is 36.2 Å². The van der Waals surface area contributed by atoms with Crippen LogP contribution in [0.2, 0.25) is 0 Å². The Balaban J connectivity index is 1.62. The predicted octanol–water partition coefficient (Wildman–Crippen LogP) is 2.12. The summed E-state index contributed by atoms with van der Waals surface area (Å²) in [5.41, 5.74) is -0.545. The van der Waals surface area contributed by atoms with E-state index in [1.165, 1.54) is 10.5 Å². The summed E-state index contributed by atoms with van der Waals surface area (Å²) < 4.78 is 44.3. The molecule has 9 nitrogen and oxygen atoms in total. The molecule has 2 aliphatic heterocycles. The molecule has 0 bridgehead atoms. The van der Waals surface area contributed by atoms with E-state index in [1.54, 1.807) is 25.4 Å². The monoisotopic (exact) mass is 436 g/mol. The van der Waals surface area contributed by atoms with Crippen LogP contribution >= 0.6 is 0 Å². The van der Waals surface area contributed by atoms with Gasteiger partial charge in [-0.1, -0.05) is 5.16 Å². The summed E-state index contributed by atoms with van der Waals surface area (Å²) in [4.78, 5) is 8.92. The van der Waals surface area contributed by atoms with Gasteiger partial charge >= 0.3 is 0 Å². The van der Waals surface area contributed by atoms with Gasteiger partial charge in [-0.2, -0.15) is 9.29 Å². The first kappa shape index (κ1) is 21.4. The fraction of sp³-hybridized carbons (Fsp3) is 0.650. The third-order valence-electron chi connectivity index (χ3n) is 6.09. The second kappa shape index (κ2) is 9.09. The van der Waals surface area contributed by atoms with Gasteiger partial charge < -0.3 is 14.0 Å². The molecule has 0 aromatic carbocycles. The molecule has 2 aromatic heterocycles. The van der Waals surface area contributed by atoms with Crippen LogP contribution in [0.25, 0.3) is 0 Å². The molecule has 0 saturated carbocycles. The number of methoxy groups -OCH3 is 1. The van der Waals surface area contributed by atoms with Crippen LogP contribution in [0.15, 0.2) is 33.9 Å². The van der Waals surface area contributed by atoms with Crippen LogP contribution in [-0.2, 0) is 24.9 Å². The molecule has 2 saturated heterocycles. The molecule has 2 aliphatic rings. The van der Waals surface area contributed by atoms with Gasteiger partial charge in [-0.15, -0.1) is 0 Å². The number of nitrogens with zero attached hydrogens (tertiary/aromatic N) is 4. The number of hydrogen-bond acceptors (Lipinski definition) is 8. The SMILES string of the molecule is COCCC1(c2noc(C3CCOCC3)n2)CCCN(S(=O)(=O)c2cccnc2)C1. The molecule has 164 valence electrons. The zero-order valence-corrected chi connectivity index (χ0v) is 18.0. The number of ether oxygens (including phenoxy) is 2. The molecule has 2 fully saturated rings. The van der Waals surface area contributed by atoms with Crippen molar-refractivity contribution in [1.82, 2.24) is 19.4 Å². The first-order valence-corrected chi connectivity index (χ1v) is 11.8. The lowest BCUT2D eigenvalue weighted by molar-refractivity contribution is 0.0778. The van der Waals surface area contributed by atoms with Crippen LogP contribution in [0.5, 0.6) is 0 Å². The van der Waals surface area contributed by atoms with Gasteiger partial charge in [0.25, 0.3) is 0 Å². The van der Waals surface area contributed by atoms with Gasteiger partial charge in [0.1, 0.15) is 4.90 Å². The normalized spacial score (nSPS) is 24.2. The van der Waals surface area contributed by atoms with Crippen LogP contribution in [0, 0.1) is 0 Å². The van der Waals surface area contributed by atoms with E-state index in [-0.39, 0.29) is 10.8 Å². The highest BCUT2D eigenvalue weighted by Crippen LogP contribution is 2.38. The molecule has 4 rings (SSSR count). The van der Waals surface area contributed by atoms with Crippen molar-refractivity contribution >= 4 is 10.0 Å². The van der Waals surface area contributed by atoms with Crippen molar-refractivity contribution in [3.8, 4) is 0 Å². The molecule has 0 aliphatic carbocycles. The summed E-state index contributed by atoms with van der Waals surface area (Å²) in [5.74, 6) is 1.39. The summed E-state index contributed by atoms with van der Waals surface area (Å²) in [6, 6.07) is 3.21. The summed E-state index contributed by atoms with van der Waals surface area (Å²) in [6.07, 6.45) is 6.78. The molecule has 1 atom stereocenters.